The molecule has 0 saturated carbocycles. The van der Waals surface area contributed by atoms with Gasteiger partial charge in [0.15, 0.2) is 0 Å². The van der Waals surface area contributed by atoms with E-state index in [1.54, 1.807) is 48.5 Å². The van der Waals surface area contributed by atoms with Crippen LogP contribution in [0.4, 0.5) is 10.5 Å². The molecule has 35 heavy (non-hydrogen) atoms. The summed E-state index contributed by atoms with van der Waals surface area (Å²) in [6.07, 6.45) is 0.0514. The average molecular weight is 509 g/mol. The fourth-order valence-electron chi connectivity index (χ4n) is 3.80. The number of aromatic nitrogens is 1. The van der Waals surface area contributed by atoms with Crippen LogP contribution >= 0.6 is 11.6 Å². The van der Waals surface area contributed by atoms with Crippen molar-refractivity contribution in [2.24, 2.45) is 0 Å². The second-order valence-corrected chi connectivity index (χ2v) is 8.26. The highest BCUT2D eigenvalue weighted by Crippen LogP contribution is 2.25. The lowest BCUT2D eigenvalue weighted by Gasteiger charge is -2.25. The molecule has 2 aromatic carbocycles. The van der Waals surface area contributed by atoms with Crippen LogP contribution in [0.2, 0.25) is 5.15 Å². The number of halogens is 1. The number of nitrogens with zero attached hydrogens (tertiary/aromatic N) is 3. The molecule has 0 radical (unpaired) electrons. The quantitative estimate of drug-likeness (QED) is 0.267. The van der Waals surface area contributed by atoms with Crippen molar-refractivity contribution in [3.05, 3.63) is 88.2 Å². The first kappa shape index (κ1) is 24.3. The maximum Gasteiger partial charge on any atom is 0.265 e. The minimum Gasteiger partial charge on any atom is -0.718 e. The van der Waals surface area contributed by atoms with E-state index in [0.29, 0.717) is 23.5 Å². The number of hydrogen-bond donors (Lipinski definition) is 0. The summed E-state index contributed by atoms with van der Waals surface area (Å²) in [5, 5.41) is -0.781. The Balaban J connectivity index is 1.60. The van der Waals surface area contributed by atoms with E-state index in [0.717, 1.165) is 9.80 Å². The van der Waals surface area contributed by atoms with E-state index in [2.05, 4.69) is 4.98 Å². The summed E-state index contributed by atoms with van der Waals surface area (Å²) >= 11 is 10.9. The van der Waals surface area contributed by atoms with Crippen LogP contribution in [0.25, 0.3) is 0 Å². The molecule has 4 rings (SSSR count). The van der Waals surface area contributed by atoms with E-state index in [1.165, 1.54) is 12.1 Å². The van der Waals surface area contributed by atoms with Crippen LogP contribution in [-0.4, -0.2) is 46.0 Å². The first-order valence-corrected chi connectivity index (χ1v) is 11.5. The lowest BCUT2D eigenvalue weighted by Crippen LogP contribution is -2.36. The van der Waals surface area contributed by atoms with Crippen molar-refractivity contribution in [1.82, 2.24) is 9.88 Å². The van der Waals surface area contributed by atoms with Gasteiger partial charge in [0, 0.05) is 13.0 Å². The van der Waals surface area contributed by atoms with Gasteiger partial charge in [0.1, 0.15) is 16.1 Å². The lowest BCUT2D eigenvalue weighted by molar-refractivity contribution is 0.0655. The molecular weight excluding hydrogens is 490 g/mol. The van der Waals surface area contributed by atoms with Gasteiger partial charge in [-0.2, -0.15) is 0 Å². The first-order valence-electron chi connectivity index (χ1n) is 10.7. The Labute approximate surface area is 211 Å². The van der Waals surface area contributed by atoms with Crippen LogP contribution in [0, 0.1) is 0 Å². The Morgan fingerprint density at radius 1 is 1.00 bits per heavy atom. The predicted molar refractivity (Wildman–Crippen MR) is 132 cm³/mol. The highest BCUT2D eigenvalue weighted by atomic mass is 35.5. The SMILES string of the molecule is CCOc1ccc(N(C(=O)[S-])C(=O)c2ccc(Cl)nc2CCN2C(=O)c3ccccc3C2=O)cc1. The maximum atomic E-state index is 13.4. The molecule has 8 nitrogen and oxygen atoms in total. The number of amides is 4. The first-order chi connectivity index (χ1) is 16.8. The van der Waals surface area contributed by atoms with Crippen molar-refractivity contribution < 1.29 is 23.9 Å². The number of imide groups is 2. The largest absolute Gasteiger partial charge is 0.718 e. The van der Waals surface area contributed by atoms with E-state index in [9.17, 15) is 19.2 Å². The smallest absolute Gasteiger partial charge is 0.265 e. The van der Waals surface area contributed by atoms with Crippen LogP contribution in [0.1, 0.15) is 43.7 Å². The monoisotopic (exact) mass is 508 g/mol. The third-order valence-electron chi connectivity index (χ3n) is 5.41. The van der Waals surface area contributed by atoms with Crippen molar-refractivity contribution in [2.75, 3.05) is 18.1 Å². The van der Waals surface area contributed by atoms with Gasteiger partial charge in [-0.3, -0.25) is 24.2 Å². The minimum absolute atomic E-state index is 0.0230. The fourth-order valence-corrected chi connectivity index (χ4v) is 4.16. The van der Waals surface area contributed by atoms with Crippen LogP contribution in [-0.2, 0) is 19.0 Å². The number of benzene rings is 2. The lowest BCUT2D eigenvalue weighted by atomic mass is 10.1. The number of hydrogen-bond acceptors (Lipinski definition) is 7. The number of pyridine rings is 1. The Kier molecular flexibility index (Phi) is 7.09. The Bertz CT molecular complexity index is 1290. The summed E-state index contributed by atoms with van der Waals surface area (Å²) in [5.41, 5.74) is 1.22. The van der Waals surface area contributed by atoms with Crippen molar-refractivity contribution in [3.63, 3.8) is 0 Å². The normalized spacial score (nSPS) is 12.5. The van der Waals surface area contributed by atoms with Crippen molar-refractivity contribution in [2.45, 2.75) is 13.3 Å². The highest BCUT2D eigenvalue weighted by Gasteiger charge is 2.35. The van der Waals surface area contributed by atoms with Gasteiger partial charge in [-0.25, -0.2) is 4.98 Å². The summed E-state index contributed by atoms with van der Waals surface area (Å²) in [6, 6.07) is 15.8. The summed E-state index contributed by atoms with van der Waals surface area (Å²) in [7, 11) is 0. The van der Waals surface area contributed by atoms with Gasteiger partial charge in [-0.15, -0.1) is 0 Å². The van der Waals surface area contributed by atoms with Crippen LogP contribution < -0.4 is 9.64 Å². The molecular formula is C25H19ClN3O5S-. The molecule has 0 bridgehead atoms. The van der Waals surface area contributed by atoms with E-state index < -0.39 is 23.0 Å². The molecule has 1 aliphatic heterocycles. The average Bonchev–Trinajstić information content (AvgIpc) is 3.08. The number of fused-ring (bicyclic) bond motifs is 1. The number of rotatable bonds is 7. The molecule has 0 unspecified atom stereocenters. The summed E-state index contributed by atoms with van der Waals surface area (Å²) in [5.74, 6) is -0.958. The number of anilines is 1. The maximum absolute atomic E-state index is 13.4. The Morgan fingerprint density at radius 3 is 2.20 bits per heavy atom. The van der Waals surface area contributed by atoms with Gasteiger partial charge < -0.3 is 22.2 Å². The summed E-state index contributed by atoms with van der Waals surface area (Å²) in [6.45, 7) is 2.28. The van der Waals surface area contributed by atoms with Gasteiger partial charge in [0.2, 0.25) is 0 Å². The topological polar surface area (TPSA) is 96.9 Å². The molecule has 10 heteroatoms. The number of ether oxygens (including phenoxy) is 1. The van der Waals surface area contributed by atoms with Crippen molar-refractivity contribution in [1.29, 1.82) is 0 Å². The second-order valence-electron chi connectivity index (χ2n) is 7.52. The molecule has 2 heterocycles. The van der Waals surface area contributed by atoms with Gasteiger partial charge in [-0.05, 0) is 55.5 Å². The van der Waals surface area contributed by atoms with Crippen LogP contribution in [0.15, 0.2) is 60.7 Å². The molecule has 0 aliphatic carbocycles. The third-order valence-corrected chi connectivity index (χ3v) is 5.81. The Hall–Kier alpha value is -3.82. The molecule has 0 saturated heterocycles. The number of carbonyl (C=O) groups is 4. The molecule has 4 amide bonds. The van der Waals surface area contributed by atoms with E-state index in [-0.39, 0.29) is 35.1 Å². The van der Waals surface area contributed by atoms with Gasteiger partial charge in [0.25, 0.3) is 17.7 Å². The van der Waals surface area contributed by atoms with E-state index >= 15 is 0 Å². The summed E-state index contributed by atoms with van der Waals surface area (Å²) < 4.78 is 5.40. The molecule has 0 atom stereocenters. The molecule has 0 spiro atoms. The molecule has 178 valence electrons. The Morgan fingerprint density at radius 2 is 1.63 bits per heavy atom. The molecule has 0 N–H and O–H groups in total. The molecule has 1 aliphatic rings. The van der Waals surface area contributed by atoms with Crippen LogP contribution in [0.3, 0.4) is 0 Å². The highest BCUT2D eigenvalue weighted by molar-refractivity contribution is 7.77. The van der Waals surface area contributed by atoms with Crippen molar-refractivity contribution >= 4 is 52.9 Å². The van der Waals surface area contributed by atoms with Gasteiger partial charge in [0.05, 0.1) is 34.7 Å². The predicted octanol–water partition coefficient (Wildman–Crippen LogP) is 4.29. The van der Waals surface area contributed by atoms with Crippen molar-refractivity contribution in [3.8, 4) is 5.75 Å². The standard InChI is InChI=1S/C25H20ClN3O5S/c1-2-34-16-9-7-15(8-10-16)29(25(33)35)24(32)19-11-12-21(26)27-20(19)13-14-28-22(30)17-5-3-4-6-18(17)23(28)31/h3-12H,2,13-14H2,1H3,(H,33,35)/p-1. The van der Waals surface area contributed by atoms with E-state index in [1.807, 2.05) is 6.92 Å². The minimum atomic E-state index is -0.902. The van der Waals surface area contributed by atoms with Gasteiger partial charge in [-0.1, -0.05) is 23.7 Å². The zero-order chi connectivity index (χ0) is 25.1. The number of carbonyl (C=O) groups excluding carboxylic acids is 4. The molecule has 3 aromatic rings. The second kappa shape index (κ2) is 10.2. The molecule has 1 aromatic heterocycles. The zero-order valence-electron chi connectivity index (χ0n) is 18.6. The molecule has 0 fully saturated rings. The third kappa shape index (κ3) is 4.87. The van der Waals surface area contributed by atoms with E-state index in [4.69, 9.17) is 29.0 Å². The van der Waals surface area contributed by atoms with Crippen LogP contribution in [0.5, 0.6) is 5.75 Å². The fraction of sp³-hybridized carbons (Fsp3) is 0.160. The summed E-state index contributed by atoms with van der Waals surface area (Å²) in [4.78, 5) is 57.2. The zero-order valence-corrected chi connectivity index (χ0v) is 20.1. The van der Waals surface area contributed by atoms with Gasteiger partial charge >= 0.3 is 0 Å².